The predicted octanol–water partition coefficient (Wildman–Crippen LogP) is 3.56. The summed E-state index contributed by atoms with van der Waals surface area (Å²) in [4.78, 5) is 2.27. The Morgan fingerprint density at radius 2 is 2.00 bits per heavy atom. The zero-order valence-corrected chi connectivity index (χ0v) is 12.2. The van der Waals surface area contributed by atoms with Gasteiger partial charge in [0, 0.05) is 19.7 Å². The zero-order valence-electron chi connectivity index (χ0n) is 11.4. The largest absolute Gasteiger partial charge is 0.397 e. The number of nitrogens with zero attached hydrogens (tertiary/aromatic N) is 1. The third kappa shape index (κ3) is 3.53. The van der Waals surface area contributed by atoms with Gasteiger partial charge < -0.3 is 15.4 Å². The second kappa shape index (κ2) is 7.49. The summed E-state index contributed by atoms with van der Waals surface area (Å²) in [6, 6.07) is 6.09. The minimum Gasteiger partial charge on any atom is -0.397 e. The summed E-state index contributed by atoms with van der Waals surface area (Å²) in [5.41, 5.74) is 7.74. The molecule has 0 amide bonds. The number of hydrogen-bond acceptors (Lipinski definition) is 3. The third-order valence-corrected chi connectivity index (χ3v) is 3.53. The number of nitrogen functional groups attached to an aromatic ring is 1. The maximum Gasteiger partial charge on any atom is 0.0792 e. The Bertz CT molecular complexity index is 347. The predicted molar refractivity (Wildman–Crippen MR) is 79.5 cm³/mol. The topological polar surface area (TPSA) is 38.5 Å². The monoisotopic (exact) mass is 270 g/mol. The summed E-state index contributed by atoms with van der Waals surface area (Å²) >= 11 is 6.30. The number of benzene rings is 1. The number of halogens is 1. The molecule has 0 atom stereocenters. The summed E-state index contributed by atoms with van der Waals surface area (Å²) in [5, 5.41) is 0.706. The van der Waals surface area contributed by atoms with Crippen LogP contribution in [0.4, 0.5) is 11.4 Å². The Kier molecular flexibility index (Phi) is 6.30. The van der Waals surface area contributed by atoms with E-state index in [0.29, 0.717) is 17.7 Å². The van der Waals surface area contributed by atoms with Crippen molar-refractivity contribution < 1.29 is 4.74 Å². The van der Waals surface area contributed by atoms with E-state index in [0.717, 1.165) is 30.8 Å². The van der Waals surface area contributed by atoms with Crippen LogP contribution in [0.15, 0.2) is 18.2 Å². The maximum atomic E-state index is 6.30. The van der Waals surface area contributed by atoms with Crippen molar-refractivity contribution in [3.8, 4) is 0 Å². The first-order chi connectivity index (χ1) is 8.65. The molecule has 0 aliphatic heterocycles. The lowest BCUT2D eigenvalue weighted by Gasteiger charge is -2.34. The van der Waals surface area contributed by atoms with Crippen molar-refractivity contribution in [2.75, 3.05) is 30.9 Å². The highest BCUT2D eigenvalue weighted by Crippen LogP contribution is 2.34. The van der Waals surface area contributed by atoms with Crippen LogP contribution in [0.25, 0.3) is 0 Å². The van der Waals surface area contributed by atoms with Crippen LogP contribution in [0.3, 0.4) is 0 Å². The minimum atomic E-state index is 0.433. The molecule has 0 unspecified atom stereocenters. The lowest BCUT2D eigenvalue weighted by molar-refractivity contribution is 0.202. The third-order valence-electron chi connectivity index (χ3n) is 3.22. The van der Waals surface area contributed by atoms with Gasteiger partial charge in [0.25, 0.3) is 0 Å². The van der Waals surface area contributed by atoms with Gasteiger partial charge in [-0.25, -0.2) is 0 Å². The first-order valence-corrected chi connectivity index (χ1v) is 6.83. The first-order valence-electron chi connectivity index (χ1n) is 6.45. The van der Waals surface area contributed by atoms with Gasteiger partial charge >= 0.3 is 0 Å². The molecule has 2 N–H and O–H groups in total. The van der Waals surface area contributed by atoms with Gasteiger partial charge in [-0.3, -0.25) is 0 Å². The quantitative estimate of drug-likeness (QED) is 0.770. The molecule has 0 saturated heterocycles. The Labute approximate surface area is 115 Å². The fourth-order valence-corrected chi connectivity index (χ4v) is 2.52. The van der Waals surface area contributed by atoms with Crippen molar-refractivity contribution in [1.82, 2.24) is 0 Å². The van der Waals surface area contributed by atoms with E-state index >= 15 is 0 Å². The highest BCUT2D eigenvalue weighted by molar-refractivity contribution is 6.34. The van der Waals surface area contributed by atoms with Gasteiger partial charge in [-0.05, 0) is 25.0 Å². The molecule has 0 heterocycles. The van der Waals surface area contributed by atoms with E-state index < -0.39 is 0 Å². The first kappa shape index (κ1) is 15.1. The summed E-state index contributed by atoms with van der Waals surface area (Å²) in [7, 11) is 1.71. The number of ether oxygens (including phenoxy) is 1. The number of hydrogen-bond donors (Lipinski definition) is 1. The molecule has 4 heteroatoms. The number of para-hydroxylation sites is 1. The van der Waals surface area contributed by atoms with Gasteiger partial charge in [0.15, 0.2) is 0 Å². The molecule has 0 saturated carbocycles. The van der Waals surface area contributed by atoms with Crippen molar-refractivity contribution in [2.45, 2.75) is 32.7 Å². The summed E-state index contributed by atoms with van der Waals surface area (Å²) in [6.45, 7) is 5.83. The maximum absolute atomic E-state index is 6.30. The van der Waals surface area contributed by atoms with E-state index in [1.807, 2.05) is 18.2 Å². The molecule has 1 rings (SSSR count). The molecule has 0 aliphatic carbocycles. The van der Waals surface area contributed by atoms with Gasteiger partial charge in [-0.2, -0.15) is 0 Å². The lowest BCUT2D eigenvalue weighted by Crippen LogP contribution is -2.37. The second-order valence-electron chi connectivity index (χ2n) is 4.33. The van der Waals surface area contributed by atoms with Crippen molar-refractivity contribution in [3.05, 3.63) is 23.2 Å². The van der Waals surface area contributed by atoms with Gasteiger partial charge in [-0.15, -0.1) is 0 Å². The van der Waals surface area contributed by atoms with Crippen LogP contribution in [-0.4, -0.2) is 26.3 Å². The Hall–Kier alpha value is -0.930. The smallest absolute Gasteiger partial charge is 0.0792 e. The van der Waals surface area contributed by atoms with Crippen molar-refractivity contribution >= 4 is 23.0 Å². The standard InChI is InChI=1S/C14H23ClN2O/c1-4-11(5-2)17(9-10-18-3)14-12(15)7-6-8-13(14)16/h6-8,11H,4-5,9-10,16H2,1-3H3. The van der Waals surface area contributed by atoms with E-state index in [1.54, 1.807) is 7.11 Å². The lowest BCUT2D eigenvalue weighted by atomic mass is 10.1. The highest BCUT2D eigenvalue weighted by Gasteiger charge is 2.19. The van der Waals surface area contributed by atoms with Gasteiger partial charge in [0.05, 0.1) is 23.0 Å². The average molecular weight is 271 g/mol. The summed E-state index contributed by atoms with van der Waals surface area (Å²) in [5.74, 6) is 0. The molecule has 0 fully saturated rings. The Morgan fingerprint density at radius 1 is 1.33 bits per heavy atom. The number of anilines is 2. The van der Waals surface area contributed by atoms with E-state index in [1.165, 1.54) is 0 Å². The molecule has 1 aromatic rings. The van der Waals surface area contributed by atoms with Gasteiger partial charge in [0.2, 0.25) is 0 Å². The van der Waals surface area contributed by atoms with Crippen LogP contribution in [0, 0.1) is 0 Å². The average Bonchev–Trinajstić information content (AvgIpc) is 2.36. The molecule has 0 bridgehead atoms. The van der Waals surface area contributed by atoms with Crippen LogP contribution >= 0.6 is 11.6 Å². The van der Waals surface area contributed by atoms with E-state index in [2.05, 4.69) is 18.7 Å². The van der Waals surface area contributed by atoms with Crippen LogP contribution in [0.5, 0.6) is 0 Å². The highest BCUT2D eigenvalue weighted by atomic mass is 35.5. The fourth-order valence-electron chi connectivity index (χ4n) is 2.23. The number of methoxy groups -OCH3 is 1. The van der Waals surface area contributed by atoms with Crippen molar-refractivity contribution in [1.29, 1.82) is 0 Å². The molecule has 0 radical (unpaired) electrons. The molecule has 18 heavy (non-hydrogen) atoms. The Morgan fingerprint density at radius 3 is 2.50 bits per heavy atom. The molecular formula is C14H23ClN2O. The van der Waals surface area contributed by atoms with Crippen molar-refractivity contribution in [3.63, 3.8) is 0 Å². The number of nitrogens with two attached hydrogens (primary N) is 1. The van der Waals surface area contributed by atoms with Crippen LogP contribution in [0.2, 0.25) is 5.02 Å². The van der Waals surface area contributed by atoms with Gasteiger partial charge in [0.1, 0.15) is 0 Å². The zero-order chi connectivity index (χ0) is 13.5. The van der Waals surface area contributed by atoms with Crippen LogP contribution in [0.1, 0.15) is 26.7 Å². The van der Waals surface area contributed by atoms with Gasteiger partial charge in [-0.1, -0.05) is 31.5 Å². The number of rotatable bonds is 7. The molecule has 0 aromatic heterocycles. The second-order valence-corrected chi connectivity index (χ2v) is 4.74. The molecule has 0 aliphatic rings. The molecule has 0 spiro atoms. The van der Waals surface area contributed by atoms with E-state index in [4.69, 9.17) is 22.1 Å². The minimum absolute atomic E-state index is 0.433. The van der Waals surface area contributed by atoms with Crippen molar-refractivity contribution in [2.24, 2.45) is 0 Å². The van der Waals surface area contributed by atoms with E-state index in [-0.39, 0.29) is 0 Å². The fraction of sp³-hybridized carbons (Fsp3) is 0.571. The SMILES string of the molecule is CCC(CC)N(CCOC)c1c(N)cccc1Cl. The molecule has 1 aromatic carbocycles. The molecule has 102 valence electrons. The summed E-state index contributed by atoms with van der Waals surface area (Å²) < 4.78 is 5.19. The molecule has 3 nitrogen and oxygen atoms in total. The Balaban J connectivity index is 3.08. The molecular weight excluding hydrogens is 248 g/mol. The van der Waals surface area contributed by atoms with Crippen LogP contribution < -0.4 is 10.6 Å². The normalized spacial score (nSPS) is 10.9. The summed E-state index contributed by atoms with van der Waals surface area (Å²) in [6.07, 6.45) is 2.12. The van der Waals surface area contributed by atoms with Crippen LogP contribution in [-0.2, 0) is 4.74 Å². The van der Waals surface area contributed by atoms with E-state index in [9.17, 15) is 0 Å².